The van der Waals surface area contributed by atoms with Crippen molar-refractivity contribution in [1.29, 1.82) is 0 Å². The zero-order valence-electron chi connectivity index (χ0n) is 12.9. The third-order valence-electron chi connectivity index (χ3n) is 3.27. The van der Waals surface area contributed by atoms with Crippen molar-refractivity contribution < 1.29 is 4.74 Å². The van der Waals surface area contributed by atoms with E-state index in [0.29, 0.717) is 17.5 Å². The van der Waals surface area contributed by atoms with E-state index in [1.165, 1.54) is 18.1 Å². The average Bonchev–Trinajstić information content (AvgIpc) is 3.25. The van der Waals surface area contributed by atoms with Crippen LogP contribution < -0.4 is 0 Å². The number of fused-ring (bicyclic) bond motifs is 1. The number of aromatic nitrogens is 8. The lowest BCUT2D eigenvalue weighted by Crippen LogP contribution is -2.03. The van der Waals surface area contributed by atoms with Gasteiger partial charge in [0.1, 0.15) is 11.4 Å². The summed E-state index contributed by atoms with van der Waals surface area (Å²) in [6.07, 6.45) is 1.46. The smallest absolute Gasteiger partial charge is 0.253 e. The maximum atomic E-state index is 5.17. The van der Waals surface area contributed by atoms with Crippen LogP contribution in [0.1, 0.15) is 5.69 Å². The summed E-state index contributed by atoms with van der Waals surface area (Å²) in [4.78, 5) is 8.54. The highest BCUT2D eigenvalue weighted by atomic mass is 79.9. The fourth-order valence-corrected chi connectivity index (χ4v) is 3.37. The summed E-state index contributed by atoms with van der Waals surface area (Å²) >= 11 is 4.80. The molecule has 0 amide bonds. The van der Waals surface area contributed by atoms with Crippen molar-refractivity contribution in [3.8, 4) is 5.69 Å². The number of nitrogens with zero attached hydrogens (tertiary/aromatic N) is 8. The molecule has 4 rings (SSSR count). The van der Waals surface area contributed by atoms with Gasteiger partial charge in [0.2, 0.25) is 5.16 Å². The molecule has 25 heavy (non-hydrogen) atoms. The molecule has 0 atom stereocenters. The molecule has 3 aromatic heterocycles. The fourth-order valence-electron chi connectivity index (χ4n) is 2.21. The Bertz CT molecular complexity index is 1020. The number of hydrogen-bond acceptors (Lipinski definition) is 8. The first kappa shape index (κ1) is 16.1. The molecule has 0 saturated carbocycles. The van der Waals surface area contributed by atoms with Crippen molar-refractivity contribution in [2.45, 2.75) is 16.8 Å². The monoisotopic (exact) mass is 418 g/mol. The molecular weight excluding hydrogens is 408 g/mol. The number of ether oxygens (including phenoxy) is 1. The van der Waals surface area contributed by atoms with Crippen molar-refractivity contribution in [1.82, 2.24) is 39.8 Å². The third kappa shape index (κ3) is 3.25. The van der Waals surface area contributed by atoms with E-state index in [1.54, 1.807) is 16.3 Å². The van der Waals surface area contributed by atoms with Gasteiger partial charge in [0.15, 0.2) is 0 Å². The summed E-state index contributed by atoms with van der Waals surface area (Å²) in [5.41, 5.74) is 1.62. The number of tetrazole rings is 1. The van der Waals surface area contributed by atoms with E-state index in [4.69, 9.17) is 4.74 Å². The lowest BCUT2D eigenvalue weighted by molar-refractivity contribution is 0.181. The second-order valence-electron chi connectivity index (χ2n) is 4.94. The predicted molar refractivity (Wildman–Crippen MR) is 92.5 cm³/mol. The Morgan fingerprint density at radius 3 is 2.88 bits per heavy atom. The van der Waals surface area contributed by atoms with E-state index in [0.717, 1.165) is 20.9 Å². The summed E-state index contributed by atoms with van der Waals surface area (Å²) in [6, 6.07) is 9.61. The molecule has 126 valence electrons. The molecule has 0 fully saturated rings. The summed E-state index contributed by atoms with van der Waals surface area (Å²) in [5, 5.41) is 17.6. The second-order valence-corrected chi connectivity index (χ2v) is 6.85. The van der Waals surface area contributed by atoms with E-state index in [-0.39, 0.29) is 0 Å². The molecular formula is C14H11BrN8OS. The highest BCUT2D eigenvalue weighted by molar-refractivity contribution is 9.10. The number of hydrogen-bond donors (Lipinski definition) is 0. The molecule has 0 unspecified atom stereocenters. The van der Waals surface area contributed by atoms with Crippen molar-refractivity contribution >= 4 is 33.5 Å². The van der Waals surface area contributed by atoms with Crippen molar-refractivity contribution in [3.63, 3.8) is 0 Å². The number of methoxy groups -OCH3 is 1. The molecule has 0 N–H and O–H groups in total. The maximum absolute atomic E-state index is 5.17. The van der Waals surface area contributed by atoms with E-state index in [9.17, 15) is 0 Å². The standard InChI is InChI=1S/C14H11BrN8OS/c1-24-7-10-6-12(23-13(18-10)16-8-17-23)25-14-19-20-21-22(14)11-4-2-9(15)3-5-11/h2-6,8H,7H2,1H3. The topological polar surface area (TPSA) is 95.9 Å². The molecule has 0 saturated heterocycles. The van der Waals surface area contributed by atoms with Crippen LogP contribution in [0, 0.1) is 0 Å². The second kappa shape index (κ2) is 6.86. The summed E-state index contributed by atoms with van der Waals surface area (Å²) in [7, 11) is 1.62. The van der Waals surface area contributed by atoms with Gasteiger partial charge in [-0.1, -0.05) is 15.9 Å². The van der Waals surface area contributed by atoms with Gasteiger partial charge in [0, 0.05) is 11.6 Å². The number of benzene rings is 1. The van der Waals surface area contributed by atoms with Crippen molar-refractivity contribution in [3.05, 3.63) is 46.8 Å². The predicted octanol–water partition coefficient (Wildman–Crippen LogP) is 2.16. The molecule has 0 bridgehead atoms. The molecule has 1 aromatic carbocycles. The van der Waals surface area contributed by atoms with E-state index < -0.39 is 0 Å². The first-order valence-corrected chi connectivity index (χ1v) is 8.76. The quantitative estimate of drug-likeness (QED) is 0.454. The van der Waals surface area contributed by atoms with Gasteiger partial charge in [-0.25, -0.2) is 4.98 Å². The zero-order chi connectivity index (χ0) is 17.2. The Balaban J connectivity index is 1.74. The zero-order valence-corrected chi connectivity index (χ0v) is 15.3. The molecule has 0 spiro atoms. The maximum Gasteiger partial charge on any atom is 0.253 e. The Morgan fingerprint density at radius 2 is 2.08 bits per heavy atom. The molecule has 0 aliphatic carbocycles. The average molecular weight is 419 g/mol. The van der Waals surface area contributed by atoms with Gasteiger partial charge in [-0.3, -0.25) is 0 Å². The van der Waals surface area contributed by atoms with Gasteiger partial charge in [-0.2, -0.15) is 19.3 Å². The Hall–Kier alpha value is -2.37. The Kier molecular flexibility index (Phi) is 4.42. The largest absolute Gasteiger partial charge is 0.378 e. The van der Waals surface area contributed by atoms with Crippen LogP contribution in [0.2, 0.25) is 0 Å². The van der Waals surface area contributed by atoms with Gasteiger partial charge >= 0.3 is 0 Å². The SMILES string of the molecule is COCc1cc(Sc2nnnn2-c2ccc(Br)cc2)n2ncnc2n1. The van der Waals surface area contributed by atoms with Crippen LogP contribution in [0.15, 0.2) is 51.3 Å². The van der Waals surface area contributed by atoms with Crippen LogP contribution >= 0.6 is 27.7 Å². The highest BCUT2D eigenvalue weighted by Gasteiger charge is 2.15. The van der Waals surface area contributed by atoms with Crippen LogP contribution in [0.4, 0.5) is 0 Å². The lowest BCUT2D eigenvalue weighted by atomic mass is 10.3. The molecule has 0 radical (unpaired) electrons. The molecule has 0 aliphatic heterocycles. The first-order valence-electron chi connectivity index (χ1n) is 7.15. The first-order chi connectivity index (χ1) is 12.2. The van der Waals surface area contributed by atoms with Gasteiger partial charge in [0.25, 0.3) is 5.78 Å². The van der Waals surface area contributed by atoms with Crippen LogP contribution in [0.3, 0.4) is 0 Å². The lowest BCUT2D eigenvalue weighted by Gasteiger charge is -2.07. The van der Waals surface area contributed by atoms with Crippen molar-refractivity contribution in [2.75, 3.05) is 7.11 Å². The van der Waals surface area contributed by atoms with E-state index in [2.05, 4.69) is 46.5 Å². The third-order valence-corrected chi connectivity index (χ3v) is 4.74. The van der Waals surface area contributed by atoms with Gasteiger partial charge in [-0.15, -0.1) is 5.10 Å². The van der Waals surface area contributed by atoms with Gasteiger partial charge in [0.05, 0.1) is 18.0 Å². The van der Waals surface area contributed by atoms with Crippen LogP contribution in [-0.4, -0.2) is 46.9 Å². The van der Waals surface area contributed by atoms with E-state index >= 15 is 0 Å². The molecule has 9 nitrogen and oxygen atoms in total. The van der Waals surface area contributed by atoms with Crippen molar-refractivity contribution in [2.24, 2.45) is 0 Å². The van der Waals surface area contributed by atoms with E-state index in [1.807, 2.05) is 30.3 Å². The molecule has 3 heterocycles. The number of halogens is 1. The Labute approximate surface area is 154 Å². The fraction of sp³-hybridized carbons (Fsp3) is 0.143. The van der Waals surface area contributed by atoms with Crippen LogP contribution in [0.5, 0.6) is 0 Å². The molecule has 4 aromatic rings. The minimum Gasteiger partial charge on any atom is -0.378 e. The normalized spacial score (nSPS) is 11.3. The number of rotatable bonds is 5. The van der Waals surface area contributed by atoms with Gasteiger partial charge in [-0.05, 0) is 52.5 Å². The minimum absolute atomic E-state index is 0.384. The highest BCUT2D eigenvalue weighted by Crippen LogP contribution is 2.27. The van der Waals surface area contributed by atoms with Crippen LogP contribution in [0.25, 0.3) is 11.5 Å². The summed E-state index contributed by atoms with van der Waals surface area (Å²) in [5.74, 6) is 0.500. The minimum atomic E-state index is 0.384. The Morgan fingerprint density at radius 1 is 1.24 bits per heavy atom. The van der Waals surface area contributed by atoms with Crippen LogP contribution in [-0.2, 0) is 11.3 Å². The molecule has 11 heteroatoms. The summed E-state index contributed by atoms with van der Waals surface area (Å²) < 4.78 is 9.46. The summed E-state index contributed by atoms with van der Waals surface area (Å²) in [6.45, 7) is 0.384. The molecule has 0 aliphatic rings. The van der Waals surface area contributed by atoms with Gasteiger partial charge < -0.3 is 4.74 Å².